The van der Waals surface area contributed by atoms with Crippen LogP contribution in [-0.2, 0) is 25.8 Å². The van der Waals surface area contributed by atoms with Crippen molar-refractivity contribution in [1.29, 1.82) is 0 Å². The van der Waals surface area contributed by atoms with Crippen LogP contribution < -0.4 is 117 Å². The maximum absolute atomic E-state index is 10.9. The molecule has 4 aliphatic rings. The van der Waals surface area contributed by atoms with Gasteiger partial charge in [0.15, 0.2) is 7.15 Å². The number of benzene rings is 2. The van der Waals surface area contributed by atoms with Gasteiger partial charge in [-0.3, -0.25) is 9.59 Å². The van der Waals surface area contributed by atoms with Gasteiger partial charge in [-0.1, -0.05) is 46.3 Å². The third-order valence-corrected chi connectivity index (χ3v) is 6.04. The number of anilines is 1. The van der Waals surface area contributed by atoms with Crippen LogP contribution >= 0.6 is 15.9 Å². The molecule has 2 aliphatic carbocycles. The van der Waals surface area contributed by atoms with Crippen molar-refractivity contribution in [2.75, 3.05) is 24.7 Å². The number of carbonyl (C=O) groups is 2. The smallest absolute Gasteiger partial charge is 0.490 e. The van der Waals surface area contributed by atoms with E-state index in [2.05, 4.69) is 48.8 Å². The summed E-state index contributed by atoms with van der Waals surface area (Å²) in [4.78, 5) is 30.2. The van der Waals surface area contributed by atoms with E-state index in [0.29, 0.717) is 6.42 Å². The minimum atomic E-state index is -1.44. The van der Waals surface area contributed by atoms with Crippen molar-refractivity contribution in [3.8, 4) is 11.5 Å². The van der Waals surface area contributed by atoms with Crippen LogP contribution in [0.2, 0.25) is 0 Å². The van der Waals surface area contributed by atoms with E-state index in [9.17, 15) is 14.0 Å². The van der Waals surface area contributed by atoms with Crippen molar-refractivity contribution in [3.63, 3.8) is 0 Å². The van der Waals surface area contributed by atoms with E-state index in [4.69, 9.17) is 10.8 Å². The van der Waals surface area contributed by atoms with Crippen LogP contribution in [0, 0.1) is 6.86 Å². The van der Waals surface area contributed by atoms with Crippen molar-refractivity contribution in [1.82, 2.24) is 0 Å². The SMILES string of the molecule is BrC1CC1.O=C1COc2ccccc2C1.[2H]C(=O)OO[CH-]F.[K+].[K+].c1ccc2c(c1)OCCN2C1CC1. The molecule has 0 spiro atoms. The Balaban J connectivity index is 0.000000260. The van der Waals surface area contributed by atoms with Crippen LogP contribution in [0.5, 0.6) is 11.5 Å². The molecule has 0 atom stereocenters. The van der Waals surface area contributed by atoms with E-state index >= 15 is 0 Å². The molecule has 0 radical (unpaired) electrons. The molecule has 0 unspecified atom stereocenters. The first-order valence-electron chi connectivity index (χ1n) is 11.6. The second-order valence-electron chi connectivity index (χ2n) is 7.88. The summed E-state index contributed by atoms with van der Waals surface area (Å²) in [5, 5.41) is 0. The Kier molecular flexibility index (Phi) is 17.9. The molecule has 7 nitrogen and oxygen atoms in total. The fraction of sp³-hybridized carbons (Fsp3) is 0.400. The molecule has 2 aromatic carbocycles. The first kappa shape index (κ1) is 32.8. The number of ether oxygens (including phenoxy) is 2. The minimum absolute atomic E-state index is 0. The topological polar surface area (TPSA) is 74.3 Å². The van der Waals surface area contributed by atoms with E-state index in [1.165, 1.54) is 31.4 Å². The average molecular weight is 617 g/mol. The summed E-state index contributed by atoms with van der Waals surface area (Å²) in [6.45, 7) is 1.79. The Morgan fingerprint density at radius 1 is 1.06 bits per heavy atom. The van der Waals surface area contributed by atoms with Crippen LogP contribution in [0.4, 0.5) is 10.1 Å². The van der Waals surface area contributed by atoms with Gasteiger partial charge >= 0.3 is 109 Å². The summed E-state index contributed by atoms with van der Waals surface area (Å²) >= 11 is 3.38. The van der Waals surface area contributed by atoms with E-state index in [1.807, 2.05) is 30.3 Å². The van der Waals surface area contributed by atoms with Crippen LogP contribution in [0.25, 0.3) is 0 Å². The number of alkyl halides is 1. The average Bonchev–Trinajstić information content (AvgIpc) is 3.81. The van der Waals surface area contributed by atoms with Crippen LogP contribution in [0.15, 0.2) is 48.5 Å². The third-order valence-electron chi connectivity index (χ3n) is 5.13. The number of halogens is 2. The number of ketones is 1. The summed E-state index contributed by atoms with van der Waals surface area (Å²) in [5.41, 5.74) is 2.29. The molecular formula is C25H28BrFK2NO6+. The molecule has 11 heteroatoms. The Labute approximate surface area is 306 Å². The van der Waals surface area contributed by atoms with E-state index in [1.54, 1.807) is 0 Å². The Morgan fingerprint density at radius 3 is 2.28 bits per heavy atom. The third kappa shape index (κ3) is 13.1. The Morgan fingerprint density at radius 2 is 1.69 bits per heavy atom. The zero-order chi connectivity index (χ0) is 25.0. The van der Waals surface area contributed by atoms with Crippen molar-refractivity contribution >= 4 is 33.8 Å². The molecule has 2 saturated carbocycles. The van der Waals surface area contributed by atoms with Gasteiger partial charge in [0.2, 0.25) is 0 Å². The summed E-state index contributed by atoms with van der Waals surface area (Å²) in [6, 6.07) is 16.8. The van der Waals surface area contributed by atoms with Gasteiger partial charge in [-0.2, -0.15) is 0 Å². The quantitative estimate of drug-likeness (QED) is 0.109. The Bertz CT molecular complexity index is 984. The number of para-hydroxylation sites is 3. The molecular weight excluding hydrogens is 587 g/mol. The summed E-state index contributed by atoms with van der Waals surface area (Å²) in [7, 11) is 0. The number of hydrogen-bond donors (Lipinski definition) is 0. The number of Topliss-reactive ketones (excluding diaryl/α,β-unsaturated/α-hetero) is 1. The van der Waals surface area contributed by atoms with Crippen LogP contribution in [-0.4, -0.2) is 42.9 Å². The molecule has 0 amide bonds. The predicted octanol–water partition coefficient (Wildman–Crippen LogP) is -1.03. The molecule has 2 heterocycles. The van der Waals surface area contributed by atoms with Crippen molar-refractivity contribution in [2.45, 2.75) is 43.0 Å². The van der Waals surface area contributed by atoms with Gasteiger partial charge in [-0.25, -0.2) is 0 Å². The van der Waals surface area contributed by atoms with Gasteiger partial charge in [0.1, 0.15) is 24.7 Å². The molecule has 2 aromatic rings. The summed E-state index contributed by atoms with van der Waals surface area (Å²) in [5.74, 6) is 2.07. The molecule has 184 valence electrons. The largest absolute Gasteiger partial charge is 1.00 e. The number of fused-ring (bicyclic) bond motifs is 2. The fourth-order valence-electron chi connectivity index (χ4n) is 3.27. The van der Waals surface area contributed by atoms with Crippen molar-refractivity contribution in [3.05, 3.63) is 61.0 Å². The van der Waals surface area contributed by atoms with E-state index < -0.39 is 6.45 Å². The summed E-state index contributed by atoms with van der Waals surface area (Å²) < 4.78 is 27.3. The van der Waals surface area contributed by atoms with Gasteiger partial charge in [0.05, 0.1) is 12.2 Å². The molecule has 0 aromatic heterocycles. The van der Waals surface area contributed by atoms with Gasteiger partial charge in [0, 0.05) is 22.9 Å². The second kappa shape index (κ2) is 19.6. The fourth-order valence-corrected chi connectivity index (χ4v) is 3.53. The van der Waals surface area contributed by atoms with Gasteiger partial charge in [0.25, 0.3) is 0 Å². The standard InChI is InChI=1S/C11H13NO.C9H8O2.C3H5Br.C2H2FO3.2K/c1-2-4-11-10(3-1)12(7-8-13-11)9-5-6-9;10-8-5-7-3-1-2-4-9(7)11-6-8;4-3-1-2-3;3-1-5-6-2-4;;/h1-4,9H,5-8H2;1-4H,5-6H2;3H,1-2H2;1-2H;;/q;;;-1;2*+1/i;;;2D;;. The van der Waals surface area contributed by atoms with Crippen molar-refractivity contribution in [2.24, 2.45) is 0 Å². The molecule has 2 fully saturated rings. The van der Waals surface area contributed by atoms with Crippen LogP contribution in [0.3, 0.4) is 0 Å². The van der Waals surface area contributed by atoms with Crippen LogP contribution in [0.1, 0.15) is 32.6 Å². The maximum Gasteiger partial charge on any atom is 1.00 e. The van der Waals surface area contributed by atoms with Crippen molar-refractivity contribution < 1.29 is 137 Å². The second-order valence-corrected chi connectivity index (χ2v) is 9.17. The van der Waals surface area contributed by atoms with Gasteiger partial charge in [-0.15, -0.1) is 0 Å². The van der Waals surface area contributed by atoms with Gasteiger partial charge in [-0.05, 0) is 50.7 Å². The monoisotopic (exact) mass is 615 g/mol. The predicted molar refractivity (Wildman–Crippen MR) is 129 cm³/mol. The molecule has 36 heavy (non-hydrogen) atoms. The van der Waals surface area contributed by atoms with E-state index in [-0.39, 0.29) is 122 Å². The molecule has 2 aliphatic heterocycles. The normalized spacial score (nSPS) is 16.8. The maximum atomic E-state index is 10.9. The molecule has 0 bridgehead atoms. The number of nitrogens with zero attached hydrogens (tertiary/aromatic N) is 1. The van der Waals surface area contributed by atoms with E-state index in [0.717, 1.165) is 41.1 Å². The minimum Gasteiger partial charge on any atom is -0.490 e. The first-order chi connectivity index (χ1) is 17.0. The zero-order valence-corrected chi connectivity index (χ0v) is 28.5. The van der Waals surface area contributed by atoms with Gasteiger partial charge < -0.3 is 28.5 Å². The Hall–Kier alpha value is 0.623. The number of carbonyl (C=O) groups excluding carboxylic acids is 2. The first-order valence-corrected chi connectivity index (χ1v) is 12.0. The molecule has 0 saturated heterocycles. The molecule has 6 rings (SSSR count). The number of hydrogen-bond acceptors (Lipinski definition) is 7. The number of rotatable bonds is 3. The summed E-state index contributed by atoms with van der Waals surface area (Å²) in [6.07, 6.45) is 4.60. The zero-order valence-electron chi connectivity index (χ0n) is 21.7. The molecule has 0 N–H and O–H groups in total.